The lowest BCUT2D eigenvalue weighted by Gasteiger charge is -2.09. The van der Waals surface area contributed by atoms with Crippen LogP contribution in [0.5, 0.6) is 5.75 Å². The summed E-state index contributed by atoms with van der Waals surface area (Å²) in [5.74, 6) is 0.752. The van der Waals surface area contributed by atoms with E-state index in [-0.39, 0.29) is 5.91 Å². The number of hydrogen-bond acceptors (Lipinski definition) is 4. The number of hydrogen-bond donors (Lipinski definition) is 1. The molecule has 1 fully saturated rings. The van der Waals surface area contributed by atoms with Gasteiger partial charge in [-0.25, -0.2) is 4.98 Å². The Hall–Kier alpha value is -1.88. The van der Waals surface area contributed by atoms with Crippen molar-refractivity contribution < 1.29 is 9.53 Å². The first kappa shape index (κ1) is 15.0. The van der Waals surface area contributed by atoms with Crippen LogP contribution in [0, 0.1) is 6.92 Å². The number of amides is 1. The fraction of sp³-hybridized carbons (Fsp3) is 0.412. The molecule has 0 saturated heterocycles. The van der Waals surface area contributed by atoms with Crippen LogP contribution in [-0.4, -0.2) is 16.9 Å². The highest BCUT2D eigenvalue weighted by molar-refractivity contribution is 7.09. The lowest BCUT2D eigenvalue weighted by Crippen LogP contribution is -2.32. The van der Waals surface area contributed by atoms with Crippen molar-refractivity contribution >= 4 is 17.2 Å². The van der Waals surface area contributed by atoms with Gasteiger partial charge in [0, 0.05) is 11.4 Å². The quantitative estimate of drug-likeness (QED) is 0.915. The number of aromatic nitrogens is 1. The largest absolute Gasteiger partial charge is 0.486 e. The Morgan fingerprint density at radius 3 is 2.77 bits per heavy atom. The van der Waals surface area contributed by atoms with E-state index in [0.29, 0.717) is 18.3 Å². The normalized spacial score (nSPS) is 15.0. The van der Waals surface area contributed by atoms with E-state index in [4.69, 9.17) is 4.74 Å². The number of nitrogens with one attached hydrogen (secondary N) is 1. The number of benzene rings is 1. The molecule has 2 aromatic rings. The number of rotatable bonds is 5. The molecule has 0 atom stereocenters. The van der Waals surface area contributed by atoms with Gasteiger partial charge in [0.15, 0.2) is 0 Å². The third-order valence-corrected chi connectivity index (χ3v) is 4.68. The van der Waals surface area contributed by atoms with Gasteiger partial charge in [0.2, 0.25) is 0 Å². The average molecular weight is 316 g/mol. The second-order valence-electron chi connectivity index (χ2n) is 5.68. The van der Waals surface area contributed by atoms with Gasteiger partial charge < -0.3 is 10.1 Å². The molecule has 0 radical (unpaired) electrons. The van der Waals surface area contributed by atoms with Crippen molar-refractivity contribution in [1.29, 1.82) is 0 Å². The van der Waals surface area contributed by atoms with E-state index in [9.17, 15) is 4.79 Å². The van der Waals surface area contributed by atoms with E-state index in [1.807, 2.05) is 31.2 Å². The Morgan fingerprint density at radius 2 is 2.05 bits per heavy atom. The lowest BCUT2D eigenvalue weighted by atomic mass is 10.2. The van der Waals surface area contributed by atoms with E-state index in [1.54, 1.807) is 5.38 Å². The molecule has 1 amide bonds. The van der Waals surface area contributed by atoms with E-state index < -0.39 is 0 Å². The maximum atomic E-state index is 12.1. The van der Waals surface area contributed by atoms with Crippen LogP contribution >= 0.6 is 11.3 Å². The molecular formula is C17H20N2O2S. The SMILES string of the molecule is Cc1ccc(OCc2nc(C(=O)NC3CCCC3)cs2)cc1. The molecular weight excluding hydrogens is 296 g/mol. The zero-order chi connectivity index (χ0) is 15.4. The van der Waals surface area contributed by atoms with Crippen LogP contribution in [0.1, 0.15) is 46.7 Å². The molecule has 1 heterocycles. The summed E-state index contributed by atoms with van der Waals surface area (Å²) in [4.78, 5) is 16.5. The number of carbonyl (C=O) groups is 1. The first-order chi connectivity index (χ1) is 10.7. The Bertz CT molecular complexity index is 630. The lowest BCUT2D eigenvalue weighted by molar-refractivity contribution is 0.0933. The predicted molar refractivity (Wildman–Crippen MR) is 87.3 cm³/mol. The number of thiazole rings is 1. The molecule has 3 rings (SSSR count). The predicted octanol–water partition coefficient (Wildman–Crippen LogP) is 3.70. The highest BCUT2D eigenvalue weighted by Gasteiger charge is 2.19. The molecule has 22 heavy (non-hydrogen) atoms. The zero-order valence-electron chi connectivity index (χ0n) is 12.7. The molecule has 4 nitrogen and oxygen atoms in total. The van der Waals surface area contributed by atoms with Crippen molar-refractivity contribution in [3.8, 4) is 5.75 Å². The average Bonchev–Trinajstić information content (AvgIpc) is 3.18. The topological polar surface area (TPSA) is 51.2 Å². The molecule has 0 aliphatic heterocycles. The van der Waals surface area contributed by atoms with Crippen molar-refractivity contribution in [3.05, 3.63) is 45.9 Å². The molecule has 0 spiro atoms. The summed E-state index contributed by atoms with van der Waals surface area (Å²) >= 11 is 1.46. The molecule has 0 bridgehead atoms. The third-order valence-electron chi connectivity index (χ3n) is 3.86. The van der Waals surface area contributed by atoms with Crippen molar-refractivity contribution in [2.45, 2.75) is 45.3 Å². The van der Waals surface area contributed by atoms with E-state index >= 15 is 0 Å². The maximum absolute atomic E-state index is 12.1. The summed E-state index contributed by atoms with van der Waals surface area (Å²) in [6.07, 6.45) is 4.58. The minimum atomic E-state index is -0.0651. The van der Waals surface area contributed by atoms with Crippen LogP contribution in [0.3, 0.4) is 0 Å². The summed E-state index contributed by atoms with van der Waals surface area (Å²) in [7, 11) is 0. The molecule has 116 valence electrons. The summed E-state index contributed by atoms with van der Waals surface area (Å²) < 4.78 is 5.69. The van der Waals surface area contributed by atoms with Crippen molar-refractivity contribution in [3.63, 3.8) is 0 Å². The Morgan fingerprint density at radius 1 is 1.32 bits per heavy atom. The van der Waals surface area contributed by atoms with E-state index in [2.05, 4.69) is 10.3 Å². The van der Waals surface area contributed by atoms with Crippen LogP contribution in [0.4, 0.5) is 0 Å². The minimum absolute atomic E-state index is 0.0651. The Labute approximate surface area is 134 Å². The molecule has 0 unspecified atom stereocenters. The first-order valence-electron chi connectivity index (χ1n) is 7.65. The van der Waals surface area contributed by atoms with Gasteiger partial charge >= 0.3 is 0 Å². The van der Waals surface area contributed by atoms with Crippen molar-refractivity contribution in [2.24, 2.45) is 0 Å². The standard InChI is InChI=1S/C17H20N2O2S/c1-12-6-8-14(9-7-12)21-10-16-19-15(11-22-16)17(20)18-13-4-2-3-5-13/h6-9,11,13H,2-5,10H2,1H3,(H,18,20). The van der Waals surface area contributed by atoms with Crippen LogP contribution in [0.25, 0.3) is 0 Å². The number of aryl methyl sites for hydroxylation is 1. The molecule has 1 aliphatic carbocycles. The summed E-state index contributed by atoms with van der Waals surface area (Å²) in [5.41, 5.74) is 1.70. The smallest absolute Gasteiger partial charge is 0.270 e. The van der Waals surface area contributed by atoms with Gasteiger partial charge in [-0.1, -0.05) is 30.5 Å². The number of carbonyl (C=O) groups excluding carboxylic acids is 1. The molecule has 1 aromatic carbocycles. The molecule has 5 heteroatoms. The monoisotopic (exact) mass is 316 g/mol. The number of ether oxygens (including phenoxy) is 1. The van der Waals surface area contributed by atoms with Gasteiger partial charge in [-0.3, -0.25) is 4.79 Å². The highest BCUT2D eigenvalue weighted by atomic mass is 32.1. The first-order valence-corrected chi connectivity index (χ1v) is 8.53. The van der Waals surface area contributed by atoms with Gasteiger partial charge in [-0.2, -0.15) is 0 Å². The minimum Gasteiger partial charge on any atom is -0.486 e. The molecule has 1 aromatic heterocycles. The fourth-order valence-electron chi connectivity index (χ4n) is 2.59. The Kier molecular flexibility index (Phi) is 4.73. The summed E-state index contributed by atoms with van der Waals surface area (Å²) in [6, 6.07) is 8.23. The fourth-order valence-corrected chi connectivity index (χ4v) is 3.28. The van der Waals surface area contributed by atoms with Gasteiger partial charge in [-0.15, -0.1) is 11.3 Å². The Balaban J connectivity index is 1.54. The van der Waals surface area contributed by atoms with Crippen LogP contribution in [-0.2, 0) is 6.61 Å². The molecule has 1 aliphatic rings. The van der Waals surface area contributed by atoms with Gasteiger partial charge in [0.25, 0.3) is 5.91 Å². The van der Waals surface area contributed by atoms with Gasteiger partial charge in [-0.05, 0) is 31.9 Å². The van der Waals surface area contributed by atoms with Crippen LogP contribution in [0.2, 0.25) is 0 Å². The maximum Gasteiger partial charge on any atom is 0.270 e. The van der Waals surface area contributed by atoms with E-state index in [0.717, 1.165) is 23.6 Å². The van der Waals surface area contributed by atoms with Crippen LogP contribution < -0.4 is 10.1 Å². The summed E-state index contributed by atoms with van der Waals surface area (Å²) in [6.45, 7) is 2.43. The van der Waals surface area contributed by atoms with Crippen molar-refractivity contribution in [2.75, 3.05) is 0 Å². The third kappa shape index (κ3) is 3.85. The second kappa shape index (κ2) is 6.92. The van der Waals surface area contributed by atoms with Crippen molar-refractivity contribution in [1.82, 2.24) is 10.3 Å². The number of nitrogens with zero attached hydrogens (tertiary/aromatic N) is 1. The molecule has 1 saturated carbocycles. The highest BCUT2D eigenvalue weighted by Crippen LogP contribution is 2.19. The van der Waals surface area contributed by atoms with Gasteiger partial charge in [0.05, 0.1) is 0 Å². The van der Waals surface area contributed by atoms with Gasteiger partial charge in [0.1, 0.15) is 23.1 Å². The molecule has 1 N–H and O–H groups in total. The van der Waals surface area contributed by atoms with Crippen LogP contribution in [0.15, 0.2) is 29.6 Å². The second-order valence-corrected chi connectivity index (χ2v) is 6.63. The summed E-state index contributed by atoms with van der Waals surface area (Å²) in [5, 5.41) is 5.67. The van der Waals surface area contributed by atoms with E-state index in [1.165, 1.54) is 29.7 Å². The zero-order valence-corrected chi connectivity index (χ0v) is 13.5.